The second-order valence-electron chi connectivity index (χ2n) is 5.96. The fourth-order valence-corrected chi connectivity index (χ4v) is 3.02. The van der Waals surface area contributed by atoms with E-state index in [2.05, 4.69) is 26.8 Å². The molecule has 26 heavy (non-hydrogen) atoms. The average Bonchev–Trinajstić information content (AvgIpc) is 2.62. The summed E-state index contributed by atoms with van der Waals surface area (Å²) >= 11 is 5.88. The van der Waals surface area contributed by atoms with Crippen molar-refractivity contribution >= 4 is 34.9 Å². The fraction of sp³-hybridized carbons (Fsp3) is 0.353. The van der Waals surface area contributed by atoms with Crippen molar-refractivity contribution < 1.29 is 14.6 Å². The molecule has 1 N–H and O–H groups in total. The van der Waals surface area contributed by atoms with Crippen LogP contribution in [0.1, 0.15) is 0 Å². The molecule has 0 radical (unpaired) electrons. The summed E-state index contributed by atoms with van der Waals surface area (Å²) in [6.45, 7) is 3.77. The predicted molar refractivity (Wildman–Crippen MR) is 99.9 cm³/mol. The molecule has 0 aliphatic carbocycles. The first-order valence-corrected chi connectivity index (χ1v) is 8.49. The zero-order valence-corrected chi connectivity index (χ0v) is 15.3. The van der Waals surface area contributed by atoms with Crippen LogP contribution in [0.25, 0.3) is 0 Å². The highest BCUT2D eigenvalue weighted by Crippen LogP contribution is 2.36. The number of rotatable bonds is 4. The standard InChI is InChI=1S/C17H20ClN5O3/c1-21-5-7-22(8-6-21)12-3-4-13(14(9-12)26-2)23(17(24)25)16-10-15(18)19-11-20-16/h3-4,9-11H,5-8H2,1-2H3,(H,24,25). The third-order valence-corrected chi connectivity index (χ3v) is 4.52. The van der Waals surface area contributed by atoms with Crippen molar-refractivity contribution in [3.63, 3.8) is 0 Å². The smallest absolute Gasteiger partial charge is 0.417 e. The molecule has 1 fully saturated rings. The number of aromatic nitrogens is 2. The van der Waals surface area contributed by atoms with Gasteiger partial charge >= 0.3 is 6.09 Å². The lowest BCUT2D eigenvalue weighted by Gasteiger charge is -2.34. The number of piperazine rings is 1. The molecule has 1 aliphatic heterocycles. The van der Waals surface area contributed by atoms with Crippen LogP contribution in [0, 0.1) is 0 Å². The topological polar surface area (TPSA) is 82.0 Å². The van der Waals surface area contributed by atoms with Crippen LogP contribution in [-0.2, 0) is 0 Å². The molecule has 2 heterocycles. The van der Waals surface area contributed by atoms with Crippen molar-refractivity contribution in [1.29, 1.82) is 0 Å². The second-order valence-corrected chi connectivity index (χ2v) is 6.35. The van der Waals surface area contributed by atoms with Crippen LogP contribution in [0.5, 0.6) is 5.75 Å². The van der Waals surface area contributed by atoms with Gasteiger partial charge in [0, 0.05) is 44.0 Å². The van der Waals surface area contributed by atoms with E-state index in [1.54, 1.807) is 6.07 Å². The zero-order chi connectivity index (χ0) is 18.7. The van der Waals surface area contributed by atoms with E-state index in [1.165, 1.54) is 19.5 Å². The Morgan fingerprint density at radius 1 is 1.23 bits per heavy atom. The highest BCUT2D eigenvalue weighted by Gasteiger charge is 2.24. The maximum Gasteiger partial charge on any atom is 0.417 e. The molecule has 0 spiro atoms. The second kappa shape index (κ2) is 7.76. The molecule has 1 aromatic carbocycles. The largest absolute Gasteiger partial charge is 0.494 e. The average molecular weight is 378 g/mol. The summed E-state index contributed by atoms with van der Waals surface area (Å²) in [6.07, 6.45) is 0.0315. The van der Waals surface area contributed by atoms with Gasteiger partial charge in [0.15, 0.2) is 0 Å². The molecule has 138 valence electrons. The Bertz CT molecular complexity index is 796. The Labute approximate surface area is 156 Å². The van der Waals surface area contributed by atoms with Gasteiger partial charge in [0.25, 0.3) is 0 Å². The fourth-order valence-electron chi connectivity index (χ4n) is 2.88. The summed E-state index contributed by atoms with van der Waals surface area (Å²) in [7, 11) is 3.61. The molecular weight excluding hydrogens is 358 g/mol. The number of hydrogen-bond donors (Lipinski definition) is 1. The van der Waals surface area contributed by atoms with E-state index in [9.17, 15) is 9.90 Å². The Kier molecular flexibility index (Phi) is 5.43. The molecule has 1 aromatic heterocycles. The van der Waals surface area contributed by atoms with Gasteiger partial charge in [-0.1, -0.05) is 11.6 Å². The number of benzene rings is 1. The molecule has 0 unspecified atom stereocenters. The van der Waals surface area contributed by atoms with Crippen molar-refractivity contribution in [3.05, 3.63) is 35.7 Å². The number of anilines is 3. The lowest BCUT2D eigenvalue weighted by molar-refractivity contribution is 0.204. The van der Waals surface area contributed by atoms with Crippen LogP contribution < -0.4 is 14.5 Å². The minimum atomic E-state index is -1.19. The molecule has 0 atom stereocenters. The first-order valence-electron chi connectivity index (χ1n) is 8.11. The summed E-state index contributed by atoms with van der Waals surface area (Å²) in [5, 5.41) is 9.85. The summed E-state index contributed by atoms with van der Waals surface area (Å²) < 4.78 is 5.46. The summed E-state index contributed by atoms with van der Waals surface area (Å²) in [5.41, 5.74) is 1.36. The van der Waals surface area contributed by atoms with Crippen molar-refractivity contribution in [2.24, 2.45) is 0 Å². The first kappa shape index (κ1) is 18.2. The van der Waals surface area contributed by atoms with Crippen molar-refractivity contribution in [3.8, 4) is 5.75 Å². The van der Waals surface area contributed by atoms with Gasteiger partial charge in [-0.25, -0.2) is 19.7 Å². The third-order valence-electron chi connectivity index (χ3n) is 4.31. The number of nitrogens with zero attached hydrogens (tertiary/aromatic N) is 5. The van der Waals surface area contributed by atoms with Crippen molar-refractivity contribution in [2.75, 3.05) is 50.1 Å². The number of ether oxygens (including phenoxy) is 1. The SMILES string of the molecule is COc1cc(N2CCN(C)CC2)ccc1N(C(=O)O)c1cc(Cl)ncn1. The molecule has 1 amide bonds. The number of carboxylic acid groups (broad SMARTS) is 1. The maximum atomic E-state index is 11.9. The van der Waals surface area contributed by atoms with Crippen LogP contribution in [-0.4, -0.2) is 66.4 Å². The number of amides is 1. The lowest BCUT2D eigenvalue weighted by atomic mass is 10.2. The molecule has 8 nitrogen and oxygen atoms in total. The lowest BCUT2D eigenvalue weighted by Crippen LogP contribution is -2.44. The molecule has 1 aliphatic rings. The molecule has 2 aromatic rings. The van der Waals surface area contributed by atoms with Crippen molar-refractivity contribution in [2.45, 2.75) is 0 Å². The van der Waals surface area contributed by atoms with Gasteiger partial charge < -0.3 is 19.6 Å². The van der Waals surface area contributed by atoms with Crippen LogP contribution >= 0.6 is 11.6 Å². The Morgan fingerprint density at radius 3 is 2.58 bits per heavy atom. The van der Waals surface area contributed by atoms with Gasteiger partial charge in [0.2, 0.25) is 0 Å². The van der Waals surface area contributed by atoms with Crippen LogP contribution in [0.4, 0.5) is 22.0 Å². The summed E-state index contributed by atoms with van der Waals surface area (Å²) in [6, 6.07) is 6.85. The van der Waals surface area contributed by atoms with E-state index in [0.717, 1.165) is 36.8 Å². The highest BCUT2D eigenvalue weighted by molar-refractivity contribution is 6.29. The van der Waals surface area contributed by atoms with Crippen molar-refractivity contribution in [1.82, 2.24) is 14.9 Å². The van der Waals surface area contributed by atoms with Gasteiger partial charge in [0.1, 0.15) is 23.0 Å². The number of hydrogen-bond acceptors (Lipinski definition) is 6. The Hall–Kier alpha value is -2.58. The van der Waals surface area contributed by atoms with E-state index in [4.69, 9.17) is 16.3 Å². The van der Waals surface area contributed by atoms with E-state index in [0.29, 0.717) is 11.4 Å². The number of likely N-dealkylation sites (N-methyl/N-ethyl adjacent to an activating group) is 1. The Morgan fingerprint density at radius 2 is 1.96 bits per heavy atom. The third kappa shape index (κ3) is 3.81. The van der Waals surface area contributed by atoms with Crippen LogP contribution in [0.15, 0.2) is 30.6 Å². The van der Waals surface area contributed by atoms with E-state index in [-0.39, 0.29) is 11.0 Å². The van der Waals surface area contributed by atoms with E-state index >= 15 is 0 Å². The highest BCUT2D eigenvalue weighted by atomic mass is 35.5. The van der Waals surface area contributed by atoms with Crippen LogP contribution in [0.3, 0.4) is 0 Å². The predicted octanol–water partition coefficient (Wildman–Crippen LogP) is 2.71. The van der Waals surface area contributed by atoms with Gasteiger partial charge in [-0.05, 0) is 19.2 Å². The first-order chi connectivity index (χ1) is 12.5. The zero-order valence-electron chi connectivity index (χ0n) is 14.6. The minimum Gasteiger partial charge on any atom is -0.494 e. The van der Waals surface area contributed by atoms with Gasteiger partial charge in [-0.3, -0.25) is 0 Å². The quantitative estimate of drug-likeness (QED) is 0.820. The molecule has 9 heteroatoms. The molecule has 1 saturated heterocycles. The normalized spacial score (nSPS) is 15.0. The Balaban J connectivity index is 1.96. The summed E-state index contributed by atoms with van der Waals surface area (Å²) in [4.78, 5) is 25.2. The number of methoxy groups -OCH3 is 1. The van der Waals surface area contributed by atoms with E-state index in [1.807, 2.05) is 12.1 Å². The molecular formula is C17H20ClN5O3. The minimum absolute atomic E-state index is 0.156. The monoisotopic (exact) mass is 377 g/mol. The molecule has 0 saturated carbocycles. The summed E-state index contributed by atoms with van der Waals surface area (Å²) in [5.74, 6) is 0.599. The van der Waals surface area contributed by atoms with E-state index < -0.39 is 6.09 Å². The number of carbonyl (C=O) groups is 1. The maximum absolute atomic E-state index is 11.9. The molecule has 3 rings (SSSR count). The van der Waals surface area contributed by atoms with Gasteiger partial charge in [-0.15, -0.1) is 0 Å². The molecule has 0 bridgehead atoms. The van der Waals surface area contributed by atoms with Crippen LogP contribution in [0.2, 0.25) is 5.15 Å². The van der Waals surface area contributed by atoms with Gasteiger partial charge in [-0.2, -0.15) is 0 Å². The number of halogens is 1. The van der Waals surface area contributed by atoms with Gasteiger partial charge in [0.05, 0.1) is 12.8 Å².